The Labute approximate surface area is 99.8 Å². The zero-order valence-electron chi connectivity index (χ0n) is 9.95. The molecule has 2 amide bonds. The van der Waals surface area contributed by atoms with Crippen LogP contribution < -0.4 is 10.7 Å². The maximum Gasteiger partial charge on any atom is 0.254 e. The van der Waals surface area contributed by atoms with Gasteiger partial charge in [0.05, 0.1) is 19.1 Å². The predicted octanol–water partition coefficient (Wildman–Crippen LogP) is -0.455. The predicted molar refractivity (Wildman–Crippen MR) is 61.0 cm³/mol. The monoisotopic (exact) mass is 240 g/mol. The Morgan fingerprint density at radius 1 is 1.41 bits per heavy atom. The summed E-state index contributed by atoms with van der Waals surface area (Å²) >= 11 is 0. The third-order valence-corrected chi connectivity index (χ3v) is 1.66. The van der Waals surface area contributed by atoms with Gasteiger partial charge in [0.2, 0.25) is 5.91 Å². The quantitative estimate of drug-likeness (QED) is 0.357. The molecule has 7 nitrogen and oxygen atoms in total. The molecule has 0 unspecified atom stereocenters. The van der Waals surface area contributed by atoms with E-state index in [1.54, 1.807) is 20.1 Å². The van der Waals surface area contributed by atoms with E-state index in [9.17, 15) is 9.59 Å². The van der Waals surface area contributed by atoms with Crippen molar-refractivity contribution in [3.63, 3.8) is 0 Å². The highest BCUT2D eigenvalue weighted by Crippen LogP contribution is 1.86. The molecule has 94 valence electrons. The second-order valence-corrected chi connectivity index (χ2v) is 3.24. The van der Waals surface area contributed by atoms with E-state index in [1.807, 2.05) is 0 Å². The van der Waals surface area contributed by atoms with Gasteiger partial charge in [0, 0.05) is 19.4 Å². The summed E-state index contributed by atoms with van der Waals surface area (Å²) in [5.41, 5.74) is 2.64. The van der Waals surface area contributed by atoms with Crippen LogP contribution in [0.3, 0.4) is 0 Å². The van der Waals surface area contributed by atoms with Gasteiger partial charge in [0.25, 0.3) is 5.91 Å². The van der Waals surface area contributed by atoms with Crippen LogP contribution in [-0.4, -0.2) is 37.8 Å². The number of nitrogens with zero attached hydrogens (tertiary/aromatic N) is 2. The Balaban J connectivity index is 3.87. The van der Waals surface area contributed by atoms with E-state index in [2.05, 4.69) is 15.8 Å². The smallest absolute Gasteiger partial charge is 0.254 e. The Morgan fingerprint density at radius 3 is 2.71 bits per heavy atom. The summed E-state index contributed by atoms with van der Waals surface area (Å²) < 4.78 is 4.77. The minimum absolute atomic E-state index is 0.0938. The molecule has 2 N–H and O–H groups in total. The third-order valence-electron chi connectivity index (χ3n) is 1.66. The number of carbonyl (C=O) groups excluding carboxylic acids is 2. The number of nitriles is 1. The molecule has 0 aromatic heterocycles. The highest BCUT2D eigenvalue weighted by atomic mass is 16.5. The number of ether oxygens (including phenoxy) is 1. The molecule has 0 aliphatic rings. The van der Waals surface area contributed by atoms with E-state index < -0.39 is 5.91 Å². The van der Waals surface area contributed by atoms with E-state index >= 15 is 0 Å². The van der Waals surface area contributed by atoms with Crippen LogP contribution in [0.15, 0.2) is 5.10 Å². The van der Waals surface area contributed by atoms with Crippen LogP contribution in [-0.2, 0) is 14.3 Å². The largest absolute Gasteiger partial charge is 0.383 e. The summed E-state index contributed by atoms with van der Waals surface area (Å²) in [4.78, 5) is 22.2. The van der Waals surface area contributed by atoms with Gasteiger partial charge in [-0.05, 0) is 6.92 Å². The molecule has 0 atom stereocenters. The SMILES string of the molecule is COCCNC(=O)CC(C)=NNC(=O)CC#N. The van der Waals surface area contributed by atoms with Crippen molar-refractivity contribution in [2.24, 2.45) is 5.10 Å². The lowest BCUT2D eigenvalue weighted by Crippen LogP contribution is -2.29. The average Bonchev–Trinajstić information content (AvgIpc) is 2.27. The van der Waals surface area contributed by atoms with Crippen LogP contribution in [0.5, 0.6) is 0 Å². The summed E-state index contributed by atoms with van der Waals surface area (Å²) in [5.74, 6) is -0.690. The lowest BCUT2D eigenvalue weighted by Gasteiger charge is -2.04. The van der Waals surface area contributed by atoms with Gasteiger partial charge in [-0.3, -0.25) is 9.59 Å². The van der Waals surface area contributed by atoms with Crippen molar-refractivity contribution < 1.29 is 14.3 Å². The molecular formula is C10H16N4O3. The number of nitrogens with one attached hydrogen (secondary N) is 2. The summed E-state index contributed by atoms with van der Waals surface area (Å²) in [7, 11) is 1.55. The molecule has 0 rings (SSSR count). The summed E-state index contributed by atoms with van der Waals surface area (Å²) in [6, 6.07) is 1.69. The molecule has 7 heteroatoms. The number of amides is 2. The first-order valence-corrected chi connectivity index (χ1v) is 5.04. The topological polar surface area (TPSA) is 104 Å². The maximum atomic E-state index is 11.3. The molecule has 0 aliphatic carbocycles. The van der Waals surface area contributed by atoms with E-state index in [1.165, 1.54) is 0 Å². The summed E-state index contributed by atoms with van der Waals surface area (Å²) in [6.07, 6.45) is -0.159. The number of hydrogen-bond acceptors (Lipinski definition) is 5. The van der Waals surface area contributed by atoms with E-state index in [-0.39, 0.29) is 18.7 Å². The Kier molecular flexibility index (Phi) is 8.24. The molecule has 0 fully saturated rings. The summed E-state index contributed by atoms with van der Waals surface area (Å²) in [5, 5.41) is 14.5. The van der Waals surface area contributed by atoms with Gasteiger partial charge in [-0.25, -0.2) is 5.43 Å². The first-order chi connectivity index (χ1) is 8.10. The first-order valence-electron chi connectivity index (χ1n) is 5.04. The van der Waals surface area contributed by atoms with Gasteiger partial charge >= 0.3 is 0 Å². The van der Waals surface area contributed by atoms with Crippen LogP contribution in [0, 0.1) is 11.3 Å². The Bertz CT molecular complexity index is 333. The van der Waals surface area contributed by atoms with Crippen molar-refractivity contribution in [3.05, 3.63) is 0 Å². The highest BCUT2D eigenvalue weighted by molar-refractivity contribution is 6.00. The molecule has 0 spiro atoms. The van der Waals surface area contributed by atoms with Crippen molar-refractivity contribution in [1.29, 1.82) is 5.26 Å². The van der Waals surface area contributed by atoms with Crippen LogP contribution in [0.2, 0.25) is 0 Å². The molecule has 0 radical (unpaired) electrons. The van der Waals surface area contributed by atoms with Crippen molar-refractivity contribution >= 4 is 17.5 Å². The lowest BCUT2D eigenvalue weighted by atomic mass is 10.3. The van der Waals surface area contributed by atoms with Gasteiger partial charge < -0.3 is 10.1 Å². The van der Waals surface area contributed by atoms with Crippen molar-refractivity contribution in [3.8, 4) is 6.07 Å². The molecule has 0 aromatic carbocycles. The normalized spacial score (nSPS) is 10.5. The van der Waals surface area contributed by atoms with Crippen LogP contribution in [0.25, 0.3) is 0 Å². The number of hydrogen-bond donors (Lipinski definition) is 2. The second-order valence-electron chi connectivity index (χ2n) is 3.24. The van der Waals surface area contributed by atoms with Gasteiger partial charge in [-0.15, -0.1) is 0 Å². The number of carbonyl (C=O) groups is 2. The Hall–Kier alpha value is -1.94. The van der Waals surface area contributed by atoms with Crippen LogP contribution in [0.1, 0.15) is 19.8 Å². The zero-order valence-corrected chi connectivity index (χ0v) is 9.95. The lowest BCUT2D eigenvalue weighted by molar-refractivity contribution is -0.121. The van der Waals surface area contributed by atoms with Crippen molar-refractivity contribution in [2.45, 2.75) is 19.8 Å². The fraction of sp³-hybridized carbons (Fsp3) is 0.600. The fourth-order valence-corrected chi connectivity index (χ4v) is 0.896. The fourth-order valence-electron chi connectivity index (χ4n) is 0.896. The molecule has 0 aliphatic heterocycles. The molecule has 0 bridgehead atoms. The van der Waals surface area contributed by atoms with Crippen molar-refractivity contribution in [1.82, 2.24) is 10.7 Å². The molecule has 17 heavy (non-hydrogen) atoms. The van der Waals surface area contributed by atoms with Gasteiger partial charge in [0.15, 0.2) is 0 Å². The molecule has 0 saturated carbocycles. The minimum atomic E-state index is -0.494. The first kappa shape index (κ1) is 15.1. The van der Waals surface area contributed by atoms with Crippen LogP contribution >= 0.6 is 0 Å². The molecular weight excluding hydrogens is 224 g/mol. The Morgan fingerprint density at radius 2 is 2.12 bits per heavy atom. The molecule has 0 aromatic rings. The molecule has 0 heterocycles. The van der Waals surface area contributed by atoms with E-state index in [0.29, 0.717) is 18.9 Å². The van der Waals surface area contributed by atoms with Gasteiger partial charge in [-0.2, -0.15) is 10.4 Å². The summed E-state index contributed by atoms with van der Waals surface area (Å²) in [6.45, 7) is 2.49. The highest BCUT2D eigenvalue weighted by Gasteiger charge is 2.03. The van der Waals surface area contributed by atoms with E-state index in [0.717, 1.165) is 0 Å². The van der Waals surface area contributed by atoms with Gasteiger partial charge in [-0.1, -0.05) is 0 Å². The third kappa shape index (κ3) is 9.02. The second kappa shape index (κ2) is 9.30. The number of methoxy groups -OCH3 is 1. The maximum absolute atomic E-state index is 11.3. The number of rotatable bonds is 7. The average molecular weight is 240 g/mol. The molecule has 0 saturated heterocycles. The van der Waals surface area contributed by atoms with Gasteiger partial charge in [0.1, 0.15) is 6.42 Å². The van der Waals surface area contributed by atoms with Crippen LogP contribution in [0.4, 0.5) is 0 Å². The number of hydrazone groups is 1. The zero-order chi connectivity index (χ0) is 13.1. The standard InChI is InChI=1S/C10H16N4O3/c1-8(13-14-9(15)3-4-11)7-10(16)12-5-6-17-2/h3,5-7H2,1-2H3,(H,12,16)(H,14,15). The van der Waals surface area contributed by atoms with Crippen molar-refractivity contribution in [2.75, 3.05) is 20.3 Å². The van der Waals surface area contributed by atoms with E-state index in [4.69, 9.17) is 10.00 Å². The minimum Gasteiger partial charge on any atom is -0.383 e.